The average molecular weight is 353 g/mol. The van der Waals surface area contributed by atoms with Crippen molar-refractivity contribution in [1.82, 2.24) is 14.4 Å². The Labute approximate surface area is 139 Å². The van der Waals surface area contributed by atoms with E-state index in [1.165, 1.54) is 13.0 Å². The van der Waals surface area contributed by atoms with Crippen LogP contribution in [0.1, 0.15) is 44.0 Å². The number of carbonyl (C=O) groups is 2. The van der Waals surface area contributed by atoms with Crippen LogP contribution in [-0.2, 0) is 26.0 Å². The number of fused-ring (bicyclic) bond motifs is 1. The lowest BCUT2D eigenvalue weighted by atomic mass is 10.00. The first kappa shape index (κ1) is 16.7. The van der Waals surface area contributed by atoms with Gasteiger partial charge in [-0.2, -0.15) is 0 Å². The molecule has 10 heteroatoms. The van der Waals surface area contributed by atoms with Crippen LogP contribution in [0.5, 0.6) is 0 Å². The molecule has 0 saturated heterocycles. The highest BCUT2D eigenvalue weighted by Crippen LogP contribution is 2.34. The predicted octanol–water partition coefficient (Wildman–Crippen LogP) is -0.109. The van der Waals surface area contributed by atoms with Crippen LogP contribution in [0.2, 0.25) is 0 Å². The third-order valence-corrected chi connectivity index (χ3v) is 6.56. The first-order valence-electron chi connectivity index (χ1n) is 7.69. The van der Waals surface area contributed by atoms with Crippen molar-refractivity contribution in [2.45, 2.75) is 44.3 Å². The fourth-order valence-electron chi connectivity index (χ4n) is 2.89. The minimum absolute atomic E-state index is 0.0231. The summed E-state index contributed by atoms with van der Waals surface area (Å²) in [5, 5.41) is 2.02. The fraction of sp³-hybridized carbons (Fsp3) is 0.500. The molecule has 1 heterocycles. The molecule has 0 aliphatic heterocycles. The molecule has 0 aromatic carbocycles. The van der Waals surface area contributed by atoms with E-state index in [1.54, 1.807) is 0 Å². The second-order valence-electron chi connectivity index (χ2n) is 5.95. The van der Waals surface area contributed by atoms with Gasteiger partial charge in [0.05, 0.1) is 16.6 Å². The maximum atomic E-state index is 12.9. The molecule has 0 spiro atoms. The summed E-state index contributed by atoms with van der Waals surface area (Å²) in [5.74, 6) is 4.27. The van der Waals surface area contributed by atoms with Crippen molar-refractivity contribution in [2.75, 3.05) is 5.32 Å². The molecule has 3 rings (SSSR count). The summed E-state index contributed by atoms with van der Waals surface area (Å²) >= 11 is 0. The number of carbonyl (C=O) groups excluding carboxylic acids is 2. The van der Waals surface area contributed by atoms with Gasteiger partial charge in [0.25, 0.3) is 5.91 Å². The third-order valence-electron chi connectivity index (χ3n) is 4.34. The van der Waals surface area contributed by atoms with Gasteiger partial charge in [0, 0.05) is 12.5 Å². The van der Waals surface area contributed by atoms with Crippen LogP contribution in [0.15, 0.2) is 5.57 Å². The Morgan fingerprint density at radius 3 is 2.58 bits per heavy atom. The fourth-order valence-corrected chi connectivity index (χ4v) is 4.94. The Morgan fingerprint density at radius 2 is 2.04 bits per heavy atom. The second kappa shape index (κ2) is 6.02. The van der Waals surface area contributed by atoms with Gasteiger partial charge >= 0.3 is 0 Å². The smallest absolute Gasteiger partial charge is 0.261 e. The van der Waals surface area contributed by atoms with E-state index in [0.717, 1.165) is 10.4 Å². The van der Waals surface area contributed by atoms with E-state index in [-0.39, 0.29) is 5.95 Å². The van der Waals surface area contributed by atoms with Crippen molar-refractivity contribution in [2.24, 2.45) is 5.84 Å². The molecule has 9 nitrogen and oxygen atoms in total. The zero-order valence-electron chi connectivity index (χ0n) is 13.2. The van der Waals surface area contributed by atoms with Crippen LogP contribution in [-0.4, -0.2) is 34.4 Å². The van der Waals surface area contributed by atoms with Gasteiger partial charge in [0.1, 0.15) is 0 Å². The van der Waals surface area contributed by atoms with Crippen LogP contribution in [0.4, 0.5) is 5.95 Å². The van der Waals surface area contributed by atoms with E-state index in [4.69, 9.17) is 5.84 Å². The van der Waals surface area contributed by atoms with Gasteiger partial charge in [-0.15, -0.1) is 0 Å². The van der Waals surface area contributed by atoms with E-state index in [9.17, 15) is 18.0 Å². The molecule has 1 fully saturated rings. The van der Waals surface area contributed by atoms with Crippen LogP contribution < -0.4 is 16.6 Å². The quantitative estimate of drug-likeness (QED) is 0.392. The van der Waals surface area contributed by atoms with Gasteiger partial charge in [0.15, 0.2) is 0 Å². The molecule has 1 saturated carbocycles. The highest BCUT2D eigenvalue weighted by Gasteiger charge is 2.37. The highest BCUT2D eigenvalue weighted by atomic mass is 32.2. The number of nitrogens with two attached hydrogens (primary N) is 1. The molecule has 1 aromatic heterocycles. The van der Waals surface area contributed by atoms with Crippen LogP contribution in [0, 0.1) is 0 Å². The second-order valence-corrected chi connectivity index (χ2v) is 8.02. The summed E-state index contributed by atoms with van der Waals surface area (Å²) in [6, 6.07) is 0. The molecule has 0 unspecified atom stereocenters. The van der Waals surface area contributed by atoms with Gasteiger partial charge in [-0.3, -0.25) is 20.3 Å². The number of rotatable bonds is 4. The number of aromatic nitrogens is 2. The topological polar surface area (TPSA) is 136 Å². The highest BCUT2D eigenvalue weighted by molar-refractivity contribution is 7.90. The van der Waals surface area contributed by atoms with Crippen molar-refractivity contribution < 1.29 is 18.0 Å². The molecule has 2 aliphatic rings. The normalized spacial score (nSPS) is 17.5. The molecule has 4 N–H and O–H groups in total. The minimum atomic E-state index is -3.63. The van der Waals surface area contributed by atoms with Gasteiger partial charge in [-0.1, -0.05) is 6.42 Å². The Hall–Kier alpha value is -2.20. The summed E-state index contributed by atoms with van der Waals surface area (Å²) in [7, 11) is -3.63. The maximum absolute atomic E-state index is 12.9. The predicted molar refractivity (Wildman–Crippen MR) is 87.1 cm³/mol. The summed E-state index contributed by atoms with van der Waals surface area (Å²) < 4.78 is 26.9. The average Bonchev–Trinajstić information content (AvgIpc) is 2.80. The van der Waals surface area contributed by atoms with Gasteiger partial charge in [0.2, 0.25) is 21.9 Å². The molecule has 0 atom stereocenters. The number of nitrogens with one attached hydrogen (secondary N) is 2. The van der Waals surface area contributed by atoms with Gasteiger partial charge in [-0.25, -0.2) is 23.2 Å². The Balaban J connectivity index is 2.11. The summed E-state index contributed by atoms with van der Waals surface area (Å²) in [6.45, 7) is 1.29. The van der Waals surface area contributed by atoms with Gasteiger partial charge in [-0.05, 0) is 31.8 Å². The number of anilines is 1. The number of hydrazine groups is 1. The number of hydrogen-bond donors (Lipinski definition) is 3. The zero-order valence-corrected chi connectivity index (χ0v) is 14.0. The van der Waals surface area contributed by atoms with Gasteiger partial charge < -0.3 is 0 Å². The summed E-state index contributed by atoms with van der Waals surface area (Å²) in [5.41, 5.74) is 3.33. The van der Waals surface area contributed by atoms with Crippen LogP contribution in [0.3, 0.4) is 0 Å². The molecule has 1 aromatic rings. The number of imidazole rings is 1. The van der Waals surface area contributed by atoms with Crippen molar-refractivity contribution >= 4 is 33.9 Å². The van der Waals surface area contributed by atoms with E-state index in [2.05, 4.69) is 15.7 Å². The first-order chi connectivity index (χ1) is 11.3. The van der Waals surface area contributed by atoms with E-state index in [0.29, 0.717) is 42.6 Å². The van der Waals surface area contributed by atoms with E-state index >= 15 is 0 Å². The lowest BCUT2D eigenvalue weighted by molar-refractivity contribution is -0.117. The van der Waals surface area contributed by atoms with Crippen LogP contribution in [0.25, 0.3) is 6.08 Å². The summed E-state index contributed by atoms with van der Waals surface area (Å²) in [4.78, 5) is 27.3. The molecular formula is C14H19N5O4S. The van der Waals surface area contributed by atoms with Crippen molar-refractivity contribution in [1.29, 1.82) is 0 Å². The summed E-state index contributed by atoms with van der Waals surface area (Å²) in [6.07, 6.45) is 4.27. The SMILES string of the molecule is CC(=O)Nc1nc2c(n1S(=O)(=O)C1CCC1)CCC(C(=O)NN)=C2. The minimum Gasteiger partial charge on any atom is -0.295 e. The molecule has 130 valence electrons. The van der Waals surface area contributed by atoms with Crippen molar-refractivity contribution in [3.05, 3.63) is 17.0 Å². The van der Waals surface area contributed by atoms with Crippen molar-refractivity contribution in [3.63, 3.8) is 0 Å². The lowest BCUT2D eigenvalue weighted by Gasteiger charge is -2.27. The largest absolute Gasteiger partial charge is 0.295 e. The molecule has 0 radical (unpaired) electrons. The number of nitrogens with zero attached hydrogens (tertiary/aromatic N) is 2. The molecule has 0 bridgehead atoms. The number of hydrogen-bond acceptors (Lipinski definition) is 6. The standard InChI is InChI=1S/C14H19N5O4S/c1-8(20)16-14-17-11-7-9(13(21)18-15)5-6-12(11)19(14)24(22,23)10-3-2-4-10/h7,10H,2-6,15H2,1H3,(H,18,21)(H,16,17,20). The van der Waals surface area contributed by atoms with E-state index < -0.39 is 27.1 Å². The Morgan fingerprint density at radius 1 is 1.33 bits per heavy atom. The van der Waals surface area contributed by atoms with Crippen LogP contribution >= 0.6 is 0 Å². The van der Waals surface area contributed by atoms with E-state index in [1.807, 2.05) is 0 Å². The Bertz CT molecular complexity index is 836. The van der Waals surface area contributed by atoms with Crippen molar-refractivity contribution in [3.8, 4) is 0 Å². The molecule has 2 aliphatic carbocycles. The maximum Gasteiger partial charge on any atom is 0.261 e. The molecule has 2 amide bonds. The first-order valence-corrected chi connectivity index (χ1v) is 9.20. The number of amides is 2. The lowest BCUT2D eigenvalue weighted by Crippen LogP contribution is -2.35. The monoisotopic (exact) mass is 353 g/mol. The zero-order chi connectivity index (χ0) is 17.5. The third kappa shape index (κ3) is 2.71. The molecule has 24 heavy (non-hydrogen) atoms. The molecular weight excluding hydrogens is 334 g/mol. The Kier molecular flexibility index (Phi) is 4.18.